The molecule has 0 radical (unpaired) electrons. The van der Waals surface area contributed by atoms with Crippen molar-refractivity contribution in [2.45, 2.75) is 26.4 Å². The quantitative estimate of drug-likeness (QED) is 0.650. The zero-order valence-electron chi connectivity index (χ0n) is 15.5. The van der Waals surface area contributed by atoms with Crippen LogP contribution in [0, 0.1) is 0 Å². The molecule has 0 spiro atoms. The number of hydrogen-bond acceptors (Lipinski definition) is 3. The fourth-order valence-electron chi connectivity index (χ4n) is 2.52. The second-order valence-corrected chi connectivity index (χ2v) is 7.30. The van der Waals surface area contributed by atoms with Crippen LogP contribution >= 0.6 is 34.8 Å². The summed E-state index contributed by atoms with van der Waals surface area (Å²) in [6.07, 6.45) is 0. The molecule has 5 nitrogen and oxygen atoms in total. The predicted molar refractivity (Wildman–Crippen MR) is 112 cm³/mol. The SMILES string of the molecule is CCNC(=O)[C@H](C)N(Cc1ccc(Cl)cc1Cl)C(=O)COc1ccccc1Cl. The Labute approximate surface area is 179 Å². The summed E-state index contributed by atoms with van der Waals surface area (Å²) in [4.78, 5) is 26.6. The van der Waals surface area contributed by atoms with E-state index in [1.165, 1.54) is 4.90 Å². The van der Waals surface area contributed by atoms with E-state index in [0.717, 1.165) is 0 Å². The van der Waals surface area contributed by atoms with Gasteiger partial charge in [-0.05, 0) is 43.7 Å². The molecule has 1 atom stereocenters. The molecule has 28 heavy (non-hydrogen) atoms. The van der Waals surface area contributed by atoms with Crippen LogP contribution in [-0.4, -0.2) is 35.9 Å². The summed E-state index contributed by atoms with van der Waals surface area (Å²) in [5, 5.41) is 4.03. The fourth-order valence-corrected chi connectivity index (χ4v) is 3.18. The molecule has 0 heterocycles. The lowest BCUT2D eigenvalue weighted by Crippen LogP contribution is -2.49. The maximum absolute atomic E-state index is 12.9. The largest absolute Gasteiger partial charge is 0.482 e. The summed E-state index contributed by atoms with van der Waals surface area (Å²) in [7, 11) is 0. The summed E-state index contributed by atoms with van der Waals surface area (Å²) in [5.74, 6) is -0.240. The van der Waals surface area contributed by atoms with Crippen LogP contribution in [0.15, 0.2) is 42.5 Å². The predicted octanol–water partition coefficient (Wildman–Crippen LogP) is 4.58. The minimum absolute atomic E-state index is 0.138. The molecule has 2 rings (SSSR count). The van der Waals surface area contributed by atoms with E-state index in [0.29, 0.717) is 32.9 Å². The van der Waals surface area contributed by atoms with E-state index in [1.54, 1.807) is 49.4 Å². The first-order chi connectivity index (χ1) is 13.3. The number of likely N-dealkylation sites (N-methyl/N-ethyl adjacent to an activating group) is 1. The van der Waals surface area contributed by atoms with Crippen molar-refractivity contribution in [2.24, 2.45) is 0 Å². The molecule has 2 aromatic carbocycles. The van der Waals surface area contributed by atoms with Crippen LogP contribution in [0.1, 0.15) is 19.4 Å². The zero-order valence-corrected chi connectivity index (χ0v) is 17.8. The number of carbonyl (C=O) groups is 2. The Morgan fingerprint density at radius 3 is 2.46 bits per heavy atom. The van der Waals surface area contributed by atoms with Gasteiger partial charge in [-0.15, -0.1) is 0 Å². The van der Waals surface area contributed by atoms with Gasteiger partial charge in [0.05, 0.1) is 5.02 Å². The van der Waals surface area contributed by atoms with E-state index >= 15 is 0 Å². The summed E-state index contributed by atoms with van der Waals surface area (Å²) >= 11 is 18.2. The second-order valence-electron chi connectivity index (χ2n) is 6.05. The van der Waals surface area contributed by atoms with Crippen molar-refractivity contribution in [2.75, 3.05) is 13.2 Å². The number of carbonyl (C=O) groups excluding carboxylic acids is 2. The van der Waals surface area contributed by atoms with E-state index in [9.17, 15) is 9.59 Å². The lowest BCUT2D eigenvalue weighted by Gasteiger charge is -2.29. The molecular formula is C20H21Cl3N2O3. The molecule has 150 valence electrons. The first-order valence-electron chi connectivity index (χ1n) is 8.72. The van der Waals surface area contributed by atoms with Gasteiger partial charge in [-0.3, -0.25) is 9.59 Å². The molecule has 0 aliphatic carbocycles. The molecule has 2 amide bonds. The maximum Gasteiger partial charge on any atom is 0.261 e. The molecule has 0 saturated carbocycles. The van der Waals surface area contributed by atoms with Crippen molar-refractivity contribution in [3.63, 3.8) is 0 Å². The Morgan fingerprint density at radius 2 is 1.82 bits per heavy atom. The van der Waals surface area contributed by atoms with Crippen molar-refractivity contribution in [3.05, 3.63) is 63.1 Å². The minimum atomic E-state index is -0.714. The average Bonchev–Trinajstić information content (AvgIpc) is 2.66. The van der Waals surface area contributed by atoms with Gasteiger partial charge in [0.2, 0.25) is 5.91 Å². The van der Waals surface area contributed by atoms with E-state index in [1.807, 2.05) is 6.92 Å². The van der Waals surface area contributed by atoms with Gasteiger partial charge in [0.15, 0.2) is 6.61 Å². The molecule has 0 saturated heterocycles. The van der Waals surface area contributed by atoms with Gasteiger partial charge >= 0.3 is 0 Å². The number of para-hydroxylation sites is 1. The third-order valence-corrected chi connectivity index (χ3v) is 4.96. The van der Waals surface area contributed by atoms with Crippen molar-refractivity contribution in [3.8, 4) is 5.75 Å². The molecule has 0 aliphatic rings. The van der Waals surface area contributed by atoms with Crippen LogP contribution in [0.4, 0.5) is 0 Å². The van der Waals surface area contributed by atoms with Crippen molar-refractivity contribution in [1.29, 1.82) is 0 Å². The van der Waals surface area contributed by atoms with Crippen molar-refractivity contribution in [1.82, 2.24) is 10.2 Å². The molecule has 0 aliphatic heterocycles. The Bertz CT molecular complexity index is 845. The van der Waals surface area contributed by atoms with Crippen LogP contribution in [0.3, 0.4) is 0 Å². The van der Waals surface area contributed by atoms with Crippen molar-refractivity contribution >= 4 is 46.6 Å². The smallest absolute Gasteiger partial charge is 0.261 e. The van der Waals surface area contributed by atoms with Gasteiger partial charge in [0.1, 0.15) is 11.8 Å². The lowest BCUT2D eigenvalue weighted by molar-refractivity contribution is -0.142. The maximum atomic E-state index is 12.9. The van der Waals surface area contributed by atoms with Crippen molar-refractivity contribution < 1.29 is 14.3 Å². The highest BCUT2D eigenvalue weighted by atomic mass is 35.5. The van der Waals surface area contributed by atoms with Crippen LogP contribution in [0.5, 0.6) is 5.75 Å². The Hall–Kier alpha value is -1.95. The molecule has 2 aromatic rings. The van der Waals surface area contributed by atoms with Gasteiger partial charge in [-0.2, -0.15) is 0 Å². The number of amides is 2. The number of ether oxygens (including phenoxy) is 1. The fraction of sp³-hybridized carbons (Fsp3) is 0.300. The minimum Gasteiger partial charge on any atom is -0.482 e. The number of nitrogens with zero attached hydrogens (tertiary/aromatic N) is 1. The summed E-state index contributed by atoms with van der Waals surface area (Å²) in [6.45, 7) is 3.80. The first-order valence-corrected chi connectivity index (χ1v) is 9.85. The van der Waals surface area contributed by atoms with E-state index in [4.69, 9.17) is 39.5 Å². The average molecular weight is 444 g/mol. The molecular weight excluding hydrogens is 423 g/mol. The van der Waals surface area contributed by atoms with Gasteiger partial charge in [0.25, 0.3) is 5.91 Å². The molecule has 0 unspecified atom stereocenters. The number of benzene rings is 2. The van der Waals surface area contributed by atoms with Crippen LogP contribution < -0.4 is 10.1 Å². The number of nitrogens with one attached hydrogen (secondary N) is 1. The highest BCUT2D eigenvalue weighted by molar-refractivity contribution is 6.35. The zero-order chi connectivity index (χ0) is 20.7. The molecule has 8 heteroatoms. The van der Waals surface area contributed by atoms with Gasteiger partial charge < -0.3 is 15.0 Å². The molecule has 0 bridgehead atoms. The van der Waals surface area contributed by atoms with Gasteiger partial charge in [0, 0.05) is 23.1 Å². The third kappa shape index (κ3) is 6.03. The second kappa shape index (κ2) is 10.6. The lowest BCUT2D eigenvalue weighted by atomic mass is 10.1. The van der Waals surface area contributed by atoms with Gasteiger partial charge in [-0.25, -0.2) is 0 Å². The van der Waals surface area contributed by atoms with E-state index < -0.39 is 6.04 Å². The standard InChI is InChI=1S/C20H21Cl3N2O3/c1-3-24-20(27)13(2)25(11-14-8-9-15(21)10-17(14)23)19(26)12-28-18-7-5-4-6-16(18)22/h4-10,13H,3,11-12H2,1-2H3,(H,24,27)/t13-/m0/s1. The normalized spacial score (nSPS) is 11.6. The highest BCUT2D eigenvalue weighted by Crippen LogP contribution is 2.25. The molecule has 0 fully saturated rings. The number of halogens is 3. The van der Waals surface area contributed by atoms with E-state index in [-0.39, 0.29) is 25.0 Å². The Balaban J connectivity index is 2.20. The van der Waals surface area contributed by atoms with E-state index in [2.05, 4.69) is 5.32 Å². The van der Waals surface area contributed by atoms with Crippen LogP contribution in [0.25, 0.3) is 0 Å². The van der Waals surface area contributed by atoms with Crippen LogP contribution in [-0.2, 0) is 16.1 Å². The number of hydrogen-bond donors (Lipinski definition) is 1. The Kier molecular flexibility index (Phi) is 8.42. The summed E-state index contributed by atoms with van der Waals surface area (Å²) in [6, 6.07) is 11.2. The number of rotatable bonds is 8. The summed E-state index contributed by atoms with van der Waals surface area (Å²) < 4.78 is 5.55. The Morgan fingerprint density at radius 1 is 1.11 bits per heavy atom. The molecule has 0 aromatic heterocycles. The monoisotopic (exact) mass is 442 g/mol. The first kappa shape index (κ1) is 22.3. The van der Waals surface area contributed by atoms with Gasteiger partial charge in [-0.1, -0.05) is 53.0 Å². The van der Waals surface area contributed by atoms with Crippen LogP contribution in [0.2, 0.25) is 15.1 Å². The summed E-state index contributed by atoms with van der Waals surface area (Å²) in [5.41, 5.74) is 0.674. The highest BCUT2D eigenvalue weighted by Gasteiger charge is 2.27. The topological polar surface area (TPSA) is 58.6 Å². The molecule has 1 N–H and O–H groups in total. The third-order valence-electron chi connectivity index (χ3n) is 4.06.